The summed E-state index contributed by atoms with van der Waals surface area (Å²) in [6, 6.07) is 0.600. The van der Waals surface area contributed by atoms with Crippen LogP contribution in [-0.4, -0.2) is 41.5 Å². The minimum atomic E-state index is 0.600. The molecule has 0 saturated carbocycles. The van der Waals surface area contributed by atoms with E-state index in [1.54, 1.807) is 11.3 Å². The fourth-order valence-electron chi connectivity index (χ4n) is 1.65. The highest BCUT2D eigenvalue weighted by atomic mass is 32.2. The molecule has 1 aromatic heterocycles. The summed E-state index contributed by atoms with van der Waals surface area (Å²) >= 11 is 3.66. The Morgan fingerprint density at radius 3 is 3.00 bits per heavy atom. The van der Waals surface area contributed by atoms with Crippen molar-refractivity contribution in [3.05, 3.63) is 16.1 Å². The maximum absolute atomic E-state index is 4.67. The number of hydrogen-bond acceptors (Lipinski definition) is 5. The van der Waals surface area contributed by atoms with Gasteiger partial charge in [0.2, 0.25) is 0 Å². The number of hydrogen-bond donors (Lipinski definition) is 1. The largest absolute Gasteiger partial charge is 0.310 e. The van der Waals surface area contributed by atoms with E-state index in [-0.39, 0.29) is 0 Å². The molecular formula is C13H25N3S2. The Morgan fingerprint density at radius 1 is 1.56 bits per heavy atom. The fraction of sp³-hybridized carbons (Fsp3) is 0.769. The van der Waals surface area contributed by atoms with Gasteiger partial charge in [-0.25, -0.2) is 4.98 Å². The molecule has 0 aliphatic heterocycles. The summed E-state index contributed by atoms with van der Waals surface area (Å²) in [6.45, 7) is 7.38. The van der Waals surface area contributed by atoms with Crippen molar-refractivity contribution in [3.8, 4) is 0 Å². The van der Waals surface area contributed by atoms with Crippen LogP contribution in [0.15, 0.2) is 5.38 Å². The summed E-state index contributed by atoms with van der Waals surface area (Å²) in [7, 11) is 2.18. The van der Waals surface area contributed by atoms with Crippen LogP contribution in [0.2, 0.25) is 0 Å². The maximum Gasteiger partial charge on any atom is 0.107 e. The monoisotopic (exact) mass is 287 g/mol. The summed E-state index contributed by atoms with van der Waals surface area (Å²) in [5, 5.41) is 6.78. The van der Waals surface area contributed by atoms with Gasteiger partial charge >= 0.3 is 0 Å². The van der Waals surface area contributed by atoms with E-state index in [1.165, 1.54) is 22.9 Å². The Bertz CT molecular complexity index is 328. The van der Waals surface area contributed by atoms with E-state index in [0.717, 1.165) is 19.6 Å². The normalized spacial score (nSPS) is 13.2. The molecule has 0 aliphatic carbocycles. The van der Waals surface area contributed by atoms with Gasteiger partial charge in [0.1, 0.15) is 5.01 Å². The van der Waals surface area contributed by atoms with Crippen molar-refractivity contribution >= 4 is 23.1 Å². The molecule has 0 fully saturated rings. The molecule has 0 saturated heterocycles. The van der Waals surface area contributed by atoms with Gasteiger partial charge in [0.05, 0.1) is 5.69 Å². The van der Waals surface area contributed by atoms with Gasteiger partial charge in [-0.2, -0.15) is 11.8 Å². The molecule has 18 heavy (non-hydrogen) atoms. The van der Waals surface area contributed by atoms with Crippen LogP contribution in [0.4, 0.5) is 0 Å². The number of rotatable bonds is 9. The molecule has 0 aromatic carbocycles. The van der Waals surface area contributed by atoms with E-state index in [2.05, 4.69) is 47.7 Å². The van der Waals surface area contributed by atoms with Gasteiger partial charge in [0.25, 0.3) is 0 Å². The molecule has 0 amide bonds. The molecule has 5 heteroatoms. The zero-order chi connectivity index (χ0) is 13.4. The Kier molecular flexibility index (Phi) is 7.90. The van der Waals surface area contributed by atoms with Crippen LogP contribution in [0.5, 0.6) is 0 Å². The molecule has 1 heterocycles. The lowest BCUT2D eigenvalue weighted by Gasteiger charge is -2.22. The third-order valence-corrected chi connectivity index (χ3v) is 4.59. The first-order chi connectivity index (χ1) is 8.67. The third-order valence-electron chi connectivity index (χ3n) is 2.87. The van der Waals surface area contributed by atoms with E-state index in [4.69, 9.17) is 0 Å². The van der Waals surface area contributed by atoms with Gasteiger partial charge in [-0.05, 0) is 33.2 Å². The predicted octanol–water partition coefficient (Wildman–Crippen LogP) is 2.83. The number of thioether (sulfide) groups is 1. The van der Waals surface area contributed by atoms with E-state index < -0.39 is 0 Å². The van der Waals surface area contributed by atoms with Gasteiger partial charge in [-0.3, -0.25) is 4.90 Å². The molecule has 1 aromatic rings. The van der Waals surface area contributed by atoms with Crippen molar-refractivity contribution in [2.75, 3.05) is 25.6 Å². The van der Waals surface area contributed by atoms with Crippen LogP contribution in [0.25, 0.3) is 0 Å². The molecule has 0 aliphatic rings. The average molecular weight is 287 g/mol. The minimum Gasteiger partial charge on any atom is -0.310 e. The number of nitrogens with zero attached hydrogens (tertiary/aromatic N) is 2. The van der Waals surface area contributed by atoms with Gasteiger partial charge in [0, 0.05) is 30.3 Å². The molecule has 1 rings (SSSR count). The molecule has 3 nitrogen and oxygen atoms in total. The van der Waals surface area contributed by atoms with Crippen molar-refractivity contribution in [1.82, 2.24) is 15.2 Å². The number of nitrogens with one attached hydrogen (secondary N) is 1. The van der Waals surface area contributed by atoms with Gasteiger partial charge in [-0.15, -0.1) is 11.3 Å². The lowest BCUT2D eigenvalue weighted by atomic mass is 10.3. The summed E-state index contributed by atoms with van der Waals surface area (Å²) in [4.78, 5) is 7.04. The molecule has 1 N–H and O–H groups in total. The Labute approximate surface area is 119 Å². The summed E-state index contributed by atoms with van der Waals surface area (Å²) in [5.41, 5.74) is 1.20. The first-order valence-electron chi connectivity index (χ1n) is 6.50. The molecule has 1 unspecified atom stereocenters. The second-order valence-corrected chi connectivity index (χ2v) is 6.48. The van der Waals surface area contributed by atoms with Crippen LogP contribution < -0.4 is 5.32 Å². The highest BCUT2D eigenvalue weighted by Gasteiger charge is 2.10. The molecular weight excluding hydrogens is 262 g/mol. The molecule has 104 valence electrons. The summed E-state index contributed by atoms with van der Waals surface area (Å²) in [5.74, 6) is 1.17. The first-order valence-corrected chi connectivity index (χ1v) is 8.77. The second-order valence-electron chi connectivity index (χ2n) is 4.63. The lowest BCUT2D eigenvalue weighted by Crippen LogP contribution is -2.30. The average Bonchev–Trinajstić information content (AvgIpc) is 2.77. The Balaban J connectivity index is 2.38. The molecule has 0 radical (unpaired) electrons. The lowest BCUT2D eigenvalue weighted by molar-refractivity contribution is 0.267. The van der Waals surface area contributed by atoms with Crippen LogP contribution in [-0.2, 0) is 13.1 Å². The van der Waals surface area contributed by atoms with Crippen LogP contribution in [0, 0.1) is 0 Å². The van der Waals surface area contributed by atoms with Crippen molar-refractivity contribution in [2.24, 2.45) is 0 Å². The Hall–Kier alpha value is -0.100. The number of thiazole rings is 1. The van der Waals surface area contributed by atoms with Crippen molar-refractivity contribution < 1.29 is 0 Å². The van der Waals surface area contributed by atoms with Crippen molar-refractivity contribution in [1.29, 1.82) is 0 Å². The van der Waals surface area contributed by atoms with E-state index >= 15 is 0 Å². The number of aromatic nitrogens is 1. The first kappa shape index (κ1) is 16.0. The van der Waals surface area contributed by atoms with Crippen LogP contribution >= 0.6 is 23.1 Å². The molecule has 1 atom stereocenters. The van der Waals surface area contributed by atoms with Gasteiger partial charge in [0.15, 0.2) is 0 Å². The van der Waals surface area contributed by atoms with Crippen LogP contribution in [0.3, 0.4) is 0 Å². The zero-order valence-electron chi connectivity index (χ0n) is 11.9. The Morgan fingerprint density at radius 2 is 2.33 bits per heavy atom. The minimum absolute atomic E-state index is 0.600. The van der Waals surface area contributed by atoms with Gasteiger partial charge < -0.3 is 5.32 Å². The van der Waals surface area contributed by atoms with Gasteiger partial charge in [-0.1, -0.05) is 6.92 Å². The van der Waals surface area contributed by atoms with Crippen LogP contribution in [0.1, 0.15) is 31.0 Å². The quantitative estimate of drug-likeness (QED) is 0.707. The standard InChI is InChI=1S/C13H25N3S2/c1-5-6-14-7-13-15-12(10-18-13)8-16(3)11(2)9-17-4/h10-11,14H,5-9H2,1-4H3. The van der Waals surface area contributed by atoms with E-state index in [0.29, 0.717) is 6.04 Å². The SMILES string of the molecule is CCCNCc1nc(CN(C)C(C)CSC)cs1. The topological polar surface area (TPSA) is 28.2 Å². The van der Waals surface area contributed by atoms with E-state index in [1.807, 2.05) is 11.8 Å². The zero-order valence-corrected chi connectivity index (χ0v) is 13.5. The molecule has 0 spiro atoms. The smallest absolute Gasteiger partial charge is 0.107 e. The predicted molar refractivity (Wildman–Crippen MR) is 83.4 cm³/mol. The fourth-order valence-corrected chi connectivity index (χ4v) is 3.15. The van der Waals surface area contributed by atoms with E-state index in [9.17, 15) is 0 Å². The highest BCUT2D eigenvalue weighted by Crippen LogP contribution is 2.13. The third kappa shape index (κ3) is 5.69. The molecule has 0 bridgehead atoms. The highest BCUT2D eigenvalue weighted by molar-refractivity contribution is 7.98. The summed E-state index contributed by atoms with van der Waals surface area (Å²) < 4.78 is 0. The van der Waals surface area contributed by atoms with Crippen molar-refractivity contribution in [2.45, 2.75) is 39.4 Å². The maximum atomic E-state index is 4.67. The summed E-state index contributed by atoms with van der Waals surface area (Å²) in [6.07, 6.45) is 3.33. The van der Waals surface area contributed by atoms with Crippen molar-refractivity contribution in [3.63, 3.8) is 0 Å². The second kappa shape index (κ2) is 8.91.